The molecule has 0 bridgehead atoms. The Kier molecular flexibility index (Phi) is 46.0. The largest absolute Gasteiger partial charge is 0.457 e. The predicted molar refractivity (Wildman–Crippen MR) is 294 cm³/mol. The molecule has 0 aromatic carbocycles. The molecule has 0 aromatic rings. The van der Waals surface area contributed by atoms with E-state index >= 15 is 0 Å². The molecule has 6 atom stereocenters. The fraction of sp³-hybridized carbons (Fsp3) is 0.746. The van der Waals surface area contributed by atoms with Gasteiger partial charge in [0, 0.05) is 13.0 Å². The van der Waals surface area contributed by atoms with E-state index in [1.165, 1.54) is 96.3 Å². The van der Waals surface area contributed by atoms with Crippen LogP contribution < -0.4 is 0 Å². The minimum Gasteiger partial charge on any atom is -0.457 e. The van der Waals surface area contributed by atoms with Crippen molar-refractivity contribution in [2.75, 3.05) is 26.4 Å². The second-order valence-corrected chi connectivity index (χ2v) is 20.2. The molecule has 0 spiro atoms. The predicted octanol–water partition coefficient (Wildman–Crippen LogP) is 14.0. The number of aliphatic hydroxyl groups excluding tert-OH is 3. The molecule has 0 amide bonds. The first-order valence-corrected chi connectivity index (χ1v) is 29.7. The summed E-state index contributed by atoms with van der Waals surface area (Å²) >= 11 is 0. The number of unbranched alkanes of at least 4 members (excludes halogenated alkanes) is 22. The Hall–Kier alpha value is -2.72. The van der Waals surface area contributed by atoms with Crippen molar-refractivity contribution in [3.63, 3.8) is 0 Å². The lowest BCUT2D eigenvalue weighted by Crippen LogP contribution is -2.60. The minimum atomic E-state index is -5.07. The average molecular weight is 1040 g/mol. The molecule has 12 nitrogen and oxygen atoms in total. The zero-order chi connectivity index (χ0) is 52.4. The number of rotatable bonds is 49. The van der Waals surface area contributed by atoms with E-state index in [1.807, 2.05) is 0 Å². The molecular formula is C59H102O12S. The fourth-order valence-electron chi connectivity index (χ4n) is 8.26. The molecule has 13 heteroatoms. The van der Waals surface area contributed by atoms with E-state index in [2.05, 4.69) is 103 Å². The van der Waals surface area contributed by atoms with Crippen molar-refractivity contribution in [3.05, 3.63) is 85.1 Å². The summed E-state index contributed by atoms with van der Waals surface area (Å²) < 4.78 is 59.4. The van der Waals surface area contributed by atoms with Crippen LogP contribution in [-0.2, 0) is 38.3 Å². The first-order valence-electron chi connectivity index (χ1n) is 28.3. The minimum absolute atomic E-state index is 0.0249. The number of aliphatic hydroxyl groups is 3. The Balaban J connectivity index is 2.32. The van der Waals surface area contributed by atoms with E-state index in [-0.39, 0.29) is 19.6 Å². The third-order valence-corrected chi connectivity index (χ3v) is 13.0. The second-order valence-electron chi connectivity index (χ2n) is 19.1. The summed E-state index contributed by atoms with van der Waals surface area (Å²) in [6.07, 6.45) is 57.5. The van der Waals surface area contributed by atoms with Gasteiger partial charge in [-0.2, -0.15) is 8.42 Å². The first-order chi connectivity index (χ1) is 35.1. The van der Waals surface area contributed by atoms with Crippen LogP contribution in [0.3, 0.4) is 0 Å². The molecule has 4 N–H and O–H groups in total. The van der Waals surface area contributed by atoms with Crippen LogP contribution in [0.5, 0.6) is 0 Å². The van der Waals surface area contributed by atoms with Gasteiger partial charge in [-0.15, -0.1) is 0 Å². The molecule has 1 fully saturated rings. The monoisotopic (exact) mass is 1030 g/mol. The van der Waals surface area contributed by atoms with Crippen molar-refractivity contribution < 1.29 is 56.2 Å². The van der Waals surface area contributed by atoms with Crippen LogP contribution in [0.1, 0.15) is 219 Å². The van der Waals surface area contributed by atoms with Crippen LogP contribution in [0.25, 0.3) is 0 Å². The Morgan fingerprint density at radius 2 is 0.958 bits per heavy atom. The maximum absolute atomic E-state index is 13.0. The molecule has 0 aromatic heterocycles. The molecule has 72 heavy (non-hydrogen) atoms. The number of carbonyl (C=O) groups excluding carboxylic acids is 1. The molecule has 1 rings (SSSR count). The Morgan fingerprint density at radius 3 is 1.40 bits per heavy atom. The molecule has 1 aliphatic heterocycles. The zero-order valence-corrected chi connectivity index (χ0v) is 45.8. The number of carbonyl (C=O) groups is 1. The van der Waals surface area contributed by atoms with Gasteiger partial charge in [-0.25, -0.2) is 4.18 Å². The number of hydrogen-bond acceptors (Lipinski definition) is 11. The lowest BCUT2D eigenvalue weighted by atomic mass is 9.99. The number of allylic oxidation sites excluding steroid dienone is 14. The summed E-state index contributed by atoms with van der Waals surface area (Å²) in [4.78, 5) is 13.0. The van der Waals surface area contributed by atoms with Crippen LogP contribution in [0.2, 0.25) is 0 Å². The molecule has 1 saturated heterocycles. The van der Waals surface area contributed by atoms with Gasteiger partial charge in [0.15, 0.2) is 6.29 Å². The Labute approximate surface area is 438 Å². The highest BCUT2D eigenvalue weighted by molar-refractivity contribution is 7.80. The first kappa shape index (κ1) is 67.3. The molecule has 416 valence electrons. The van der Waals surface area contributed by atoms with E-state index in [1.54, 1.807) is 0 Å². The van der Waals surface area contributed by atoms with Gasteiger partial charge in [0.05, 0.1) is 19.8 Å². The standard InChI is InChI=1S/C59H102O12S/c1-3-5-7-9-11-13-15-17-19-21-23-25-26-27-28-29-30-32-34-36-38-40-42-44-46-48-55(61)69-53(52-68-59-57(63)58(71-72(64,65)66)56(62)54(50-60)70-59)51-67-49-47-45-43-41-39-37-35-33-31-24-22-20-18-16-14-12-10-8-6-4-2/h5,7,11-14,17-20,23-25,31,53-54,56-60,62-63H,3-4,6,8-10,15-16,21-22,26-30,32-52H2,1-2H3,(H,64,65,66)/b7-5-,13-11-,14-12-,19-17-,20-18-,25-23-,31-24-. The zero-order valence-electron chi connectivity index (χ0n) is 45.0. The van der Waals surface area contributed by atoms with Gasteiger partial charge < -0.3 is 34.3 Å². The lowest BCUT2D eigenvalue weighted by Gasteiger charge is -2.41. The van der Waals surface area contributed by atoms with Crippen LogP contribution >= 0.6 is 0 Å². The van der Waals surface area contributed by atoms with E-state index in [0.717, 1.165) is 96.3 Å². The molecular weight excluding hydrogens is 933 g/mol. The summed E-state index contributed by atoms with van der Waals surface area (Å²) in [6, 6.07) is 0. The highest BCUT2D eigenvalue weighted by atomic mass is 32.3. The molecule has 6 unspecified atom stereocenters. The highest BCUT2D eigenvalue weighted by Gasteiger charge is 2.48. The topological polar surface area (TPSA) is 178 Å². The van der Waals surface area contributed by atoms with Crippen molar-refractivity contribution in [1.29, 1.82) is 0 Å². The number of hydrogen-bond donors (Lipinski definition) is 4. The van der Waals surface area contributed by atoms with Crippen molar-refractivity contribution in [2.24, 2.45) is 0 Å². The second kappa shape index (κ2) is 49.2. The smallest absolute Gasteiger partial charge is 0.397 e. The summed E-state index contributed by atoms with van der Waals surface area (Å²) in [5.74, 6) is -0.407. The normalized spacial score (nSPS) is 19.6. The van der Waals surface area contributed by atoms with E-state index in [4.69, 9.17) is 18.9 Å². The third-order valence-electron chi connectivity index (χ3n) is 12.5. The van der Waals surface area contributed by atoms with Crippen LogP contribution in [0, 0.1) is 0 Å². The molecule has 1 heterocycles. The van der Waals surface area contributed by atoms with Crippen LogP contribution in [0.4, 0.5) is 0 Å². The van der Waals surface area contributed by atoms with E-state index in [0.29, 0.717) is 13.0 Å². The molecule has 1 aliphatic rings. The number of esters is 1. The van der Waals surface area contributed by atoms with Crippen molar-refractivity contribution in [1.82, 2.24) is 0 Å². The fourth-order valence-corrected chi connectivity index (χ4v) is 8.77. The van der Waals surface area contributed by atoms with Gasteiger partial charge in [-0.3, -0.25) is 9.35 Å². The van der Waals surface area contributed by atoms with Gasteiger partial charge in [0.25, 0.3) is 0 Å². The molecule has 0 saturated carbocycles. The summed E-state index contributed by atoms with van der Waals surface area (Å²) in [5, 5.41) is 30.8. The van der Waals surface area contributed by atoms with Crippen molar-refractivity contribution in [2.45, 2.75) is 256 Å². The quantitative estimate of drug-likeness (QED) is 0.0196. The van der Waals surface area contributed by atoms with Crippen LogP contribution in [-0.4, -0.2) is 97.5 Å². The highest BCUT2D eigenvalue weighted by Crippen LogP contribution is 2.26. The average Bonchev–Trinajstić information content (AvgIpc) is 3.36. The maximum atomic E-state index is 13.0. The number of ether oxygens (including phenoxy) is 4. The maximum Gasteiger partial charge on any atom is 0.397 e. The summed E-state index contributed by atoms with van der Waals surface area (Å²) in [5.41, 5.74) is 0. The van der Waals surface area contributed by atoms with E-state index < -0.39 is 59.8 Å². The van der Waals surface area contributed by atoms with Gasteiger partial charge in [0.2, 0.25) is 0 Å². The van der Waals surface area contributed by atoms with Gasteiger partial charge in [-0.1, -0.05) is 208 Å². The van der Waals surface area contributed by atoms with E-state index in [9.17, 15) is 33.1 Å². The Morgan fingerprint density at radius 1 is 0.542 bits per heavy atom. The van der Waals surface area contributed by atoms with Crippen molar-refractivity contribution >= 4 is 16.4 Å². The molecule has 0 radical (unpaired) electrons. The lowest BCUT2D eigenvalue weighted by molar-refractivity contribution is -0.301. The SMILES string of the molecule is CC/C=C\C/C=C\C/C=C\C/C=C\CCCCCCCCCCCCCCC(=O)OC(COCCCCCCCCC/C=C\C/C=C\C/C=C\CCCCC)COC1OC(CO)C(O)C(OS(=O)(=O)O)C1O. The third kappa shape index (κ3) is 41.6. The van der Waals surface area contributed by atoms with Crippen molar-refractivity contribution in [3.8, 4) is 0 Å². The summed E-state index contributed by atoms with van der Waals surface area (Å²) in [7, 11) is -5.07. The van der Waals surface area contributed by atoms with Gasteiger partial charge in [0.1, 0.15) is 30.5 Å². The van der Waals surface area contributed by atoms with Crippen LogP contribution in [0.15, 0.2) is 85.1 Å². The molecule has 0 aliphatic carbocycles. The van der Waals surface area contributed by atoms with Gasteiger partial charge >= 0.3 is 16.4 Å². The Bertz CT molecular complexity index is 1570. The van der Waals surface area contributed by atoms with Gasteiger partial charge in [-0.05, 0) is 89.9 Å². The summed E-state index contributed by atoms with van der Waals surface area (Å²) in [6.45, 7) is 3.84.